The average molecular weight is 201 g/mol. The second-order valence-corrected chi connectivity index (χ2v) is 3.56. The van der Waals surface area contributed by atoms with Crippen LogP contribution in [-0.2, 0) is 6.18 Å². The third-order valence-corrected chi connectivity index (χ3v) is 2.64. The molecule has 1 aromatic rings. The highest BCUT2D eigenvalue weighted by Crippen LogP contribution is 2.41. The first kappa shape index (κ1) is 9.49. The quantitative estimate of drug-likeness (QED) is 0.678. The second-order valence-electron chi connectivity index (χ2n) is 3.56. The molecule has 0 N–H and O–H groups in total. The van der Waals surface area contributed by atoms with Crippen molar-refractivity contribution < 1.29 is 13.2 Å². The van der Waals surface area contributed by atoms with Gasteiger partial charge in [0.1, 0.15) is 0 Å². The third kappa shape index (κ3) is 1.61. The minimum atomic E-state index is -4.26. The maximum absolute atomic E-state index is 12.5. The highest BCUT2D eigenvalue weighted by Gasteiger charge is 2.37. The van der Waals surface area contributed by atoms with Gasteiger partial charge in [0, 0.05) is 12.1 Å². The number of halogens is 3. The SMILES string of the molecule is FC(F)(F)c1cccnc1C1CCC1. The molecule has 0 aliphatic heterocycles. The molecule has 0 spiro atoms. The maximum atomic E-state index is 12.5. The van der Waals surface area contributed by atoms with E-state index < -0.39 is 11.7 Å². The van der Waals surface area contributed by atoms with E-state index in [4.69, 9.17) is 0 Å². The summed E-state index contributed by atoms with van der Waals surface area (Å²) in [5.74, 6) is 0.0211. The average Bonchev–Trinajstić information content (AvgIpc) is 2.00. The first-order chi connectivity index (χ1) is 6.59. The van der Waals surface area contributed by atoms with Crippen LogP contribution >= 0.6 is 0 Å². The molecule has 0 radical (unpaired) electrons. The van der Waals surface area contributed by atoms with E-state index in [1.807, 2.05) is 0 Å². The van der Waals surface area contributed by atoms with Crippen molar-refractivity contribution in [3.8, 4) is 0 Å². The third-order valence-electron chi connectivity index (χ3n) is 2.64. The number of pyridine rings is 1. The molecule has 0 saturated heterocycles. The standard InChI is InChI=1S/C10H10F3N/c11-10(12,13)8-5-2-6-14-9(8)7-3-1-4-7/h2,5-7H,1,3-4H2. The molecule has 76 valence electrons. The molecule has 1 aliphatic carbocycles. The van der Waals surface area contributed by atoms with Crippen molar-refractivity contribution in [2.45, 2.75) is 31.4 Å². The molecule has 0 unspecified atom stereocenters. The van der Waals surface area contributed by atoms with E-state index in [9.17, 15) is 13.2 Å². The van der Waals surface area contributed by atoms with Crippen LogP contribution in [-0.4, -0.2) is 4.98 Å². The largest absolute Gasteiger partial charge is 0.418 e. The molecule has 0 bridgehead atoms. The highest BCUT2D eigenvalue weighted by molar-refractivity contribution is 5.27. The van der Waals surface area contributed by atoms with E-state index in [1.165, 1.54) is 12.3 Å². The van der Waals surface area contributed by atoms with Gasteiger partial charge < -0.3 is 0 Å². The van der Waals surface area contributed by atoms with Crippen molar-refractivity contribution in [2.75, 3.05) is 0 Å². The zero-order valence-corrected chi connectivity index (χ0v) is 7.51. The van der Waals surface area contributed by atoms with Gasteiger partial charge in [-0.25, -0.2) is 0 Å². The van der Waals surface area contributed by atoms with Gasteiger partial charge in [0.05, 0.1) is 11.3 Å². The van der Waals surface area contributed by atoms with Gasteiger partial charge in [0.2, 0.25) is 0 Å². The Kier molecular flexibility index (Phi) is 2.21. The first-order valence-electron chi connectivity index (χ1n) is 4.61. The fourth-order valence-electron chi connectivity index (χ4n) is 1.66. The molecule has 1 aliphatic rings. The highest BCUT2D eigenvalue weighted by atomic mass is 19.4. The van der Waals surface area contributed by atoms with Crippen LogP contribution in [0.2, 0.25) is 0 Å². The number of aromatic nitrogens is 1. The Balaban J connectivity index is 2.38. The van der Waals surface area contributed by atoms with Gasteiger partial charge >= 0.3 is 6.18 Å². The lowest BCUT2D eigenvalue weighted by Gasteiger charge is -2.27. The lowest BCUT2D eigenvalue weighted by molar-refractivity contribution is -0.138. The van der Waals surface area contributed by atoms with Crippen LogP contribution in [0.5, 0.6) is 0 Å². The zero-order chi connectivity index (χ0) is 10.2. The number of hydrogen-bond acceptors (Lipinski definition) is 1. The Morgan fingerprint density at radius 2 is 2.00 bits per heavy atom. The van der Waals surface area contributed by atoms with E-state index in [2.05, 4.69) is 4.98 Å². The summed E-state index contributed by atoms with van der Waals surface area (Å²) in [6.45, 7) is 0. The molecule has 1 nitrogen and oxygen atoms in total. The molecule has 0 aromatic carbocycles. The summed E-state index contributed by atoms with van der Waals surface area (Å²) in [6.07, 6.45) is -0.152. The summed E-state index contributed by atoms with van der Waals surface area (Å²) >= 11 is 0. The van der Waals surface area contributed by atoms with E-state index in [1.54, 1.807) is 0 Å². The van der Waals surface area contributed by atoms with Crippen LogP contribution in [0.3, 0.4) is 0 Å². The van der Waals surface area contributed by atoms with Crippen molar-refractivity contribution in [1.29, 1.82) is 0 Å². The summed E-state index contributed by atoms with van der Waals surface area (Å²) in [4.78, 5) is 3.85. The van der Waals surface area contributed by atoms with Gasteiger partial charge in [-0.05, 0) is 25.0 Å². The zero-order valence-electron chi connectivity index (χ0n) is 7.51. The molecule has 0 atom stereocenters. The van der Waals surface area contributed by atoms with E-state index in [0.29, 0.717) is 0 Å². The number of rotatable bonds is 1. The topological polar surface area (TPSA) is 12.9 Å². The minimum Gasteiger partial charge on any atom is -0.260 e. The molecule has 14 heavy (non-hydrogen) atoms. The van der Waals surface area contributed by atoms with Crippen molar-refractivity contribution in [3.63, 3.8) is 0 Å². The first-order valence-corrected chi connectivity index (χ1v) is 4.61. The Morgan fingerprint density at radius 1 is 1.29 bits per heavy atom. The second kappa shape index (κ2) is 3.26. The Labute approximate surface area is 80.0 Å². The van der Waals surface area contributed by atoms with Gasteiger partial charge in [-0.3, -0.25) is 4.98 Å². The molecule has 1 aromatic heterocycles. The molecule has 0 amide bonds. The predicted octanol–water partition coefficient (Wildman–Crippen LogP) is 3.37. The van der Waals surface area contributed by atoms with Crippen LogP contribution in [0.4, 0.5) is 13.2 Å². The lowest BCUT2D eigenvalue weighted by atomic mass is 9.81. The molecule has 2 rings (SSSR count). The summed E-state index contributed by atoms with van der Waals surface area (Å²) in [6, 6.07) is 2.45. The Bertz CT molecular complexity index is 328. The van der Waals surface area contributed by atoms with Crippen LogP contribution in [0.15, 0.2) is 18.3 Å². The van der Waals surface area contributed by atoms with Crippen LogP contribution < -0.4 is 0 Å². The van der Waals surface area contributed by atoms with Gasteiger partial charge in [-0.2, -0.15) is 13.2 Å². The summed E-state index contributed by atoms with van der Waals surface area (Å²) < 4.78 is 37.6. The Morgan fingerprint density at radius 3 is 2.50 bits per heavy atom. The van der Waals surface area contributed by atoms with Crippen LogP contribution in [0.25, 0.3) is 0 Å². The van der Waals surface area contributed by atoms with Crippen LogP contribution in [0, 0.1) is 0 Å². The van der Waals surface area contributed by atoms with Crippen molar-refractivity contribution >= 4 is 0 Å². The van der Waals surface area contributed by atoms with E-state index in [0.717, 1.165) is 25.3 Å². The normalized spacial score (nSPS) is 17.9. The van der Waals surface area contributed by atoms with Gasteiger partial charge in [0.25, 0.3) is 0 Å². The van der Waals surface area contributed by atoms with E-state index in [-0.39, 0.29) is 11.6 Å². The Hall–Kier alpha value is -1.06. The van der Waals surface area contributed by atoms with Crippen molar-refractivity contribution in [1.82, 2.24) is 4.98 Å². The van der Waals surface area contributed by atoms with Crippen molar-refractivity contribution in [2.24, 2.45) is 0 Å². The number of alkyl halides is 3. The van der Waals surface area contributed by atoms with Gasteiger partial charge in [-0.15, -0.1) is 0 Å². The van der Waals surface area contributed by atoms with Crippen LogP contribution in [0.1, 0.15) is 36.4 Å². The van der Waals surface area contributed by atoms with Gasteiger partial charge in [-0.1, -0.05) is 6.42 Å². The summed E-state index contributed by atoms with van der Waals surface area (Å²) in [5.41, 5.74) is -0.337. The summed E-state index contributed by atoms with van der Waals surface area (Å²) in [7, 11) is 0. The molecule has 1 saturated carbocycles. The summed E-state index contributed by atoms with van der Waals surface area (Å²) in [5, 5.41) is 0. The fraction of sp³-hybridized carbons (Fsp3) is 0.500. The number of nitrogens with zero attached hydrogens (tertiary/aromatic N) is 1. The molecule has 4 heteroatoms. The minimum absolute atomic E-state index is 0.0211. The molecule has 1 heterocycles. The predicted molar refractivity (Wildman–Crippen MR) is 45.8 cm³/mol. The maximum Gasteiger partial charge on any atom is 0.418 e. The smallest absolute Gasteiger partial charge is 0.260 e. The monoisotopic (exact) mass is 201 g/mol. The lowest BCUT2D eigenvalue weighted by Crippen LogP contribution is -2.17. The van der Waals surface area contributed by atoms with Gasteiger partial charge in [0.15, 0.2) is 0 Å². The fourth-order valence-corrected chi connectivity index (χ4v) is 1.66. The van der Waals surface area contributed by atoms with Crippen molar-refractivity contribution in [3.05, 3.63) is 29.6 Å². The van der Waals surface area contributed by atoms with E-state index >= 15 is 0 Å². The molecular formula is C10H10F3N. The molecule has 1 fully saturated rings. The molecular weight excluding hydrogens is 191 g/mol. The number of hydrogen-bond donors (Lipinski definition) is 0.